The fraction of sp³-hybridized carbons (Fsp3) is 0.429. The van der Waals surface area contributed by atoms with Gasteiger partial charge in [-0.05, 0) is 31.9 Å². The van der Waals surface area contributed by atoms with E-state index in [9.17, 15) is 0 Å². The number of aromatic nitrogens is 3. The van der Waals surface area contributed by atoms with E-state index < -0.39 is 0 Å². The quantitative estimate of drug-likeness (QED) is 0.632. The lowest BCUT2D eigenvalue weighted by Gasteiger charge is -2.17. The van der Waals surface area contributed by atoms with Gasteiger partial charge in [0.15, 0.2) is 0 Å². The summed E-state index contributed by atoms with van der Waals surface area (Å²) in [5, 5.41) is 5.00. The number of hydrogen-bond donors (Lipinski definition) is 2. The van der Waals surface area contributed by atoms with E-state index in [1.54, 1.807) is 6.33 Å². The zero-order valence-electron chi connectivity index (χ0n) is 11.8. The number of nitrogens with one attached hydrogen (secondary N) is 1. The van der Waals surface area contributed by atoms with E-state index >= 15 is 0 Å². The highest BCUT2D eigenvalue weighted by Crippen LogP contribution is 2.18. The zero-order chi connectivity index (χ0) is 14.5. The fourth-order valence-electron chi connectivity index (χ4n) is 2.19. The minimum Gasteiger partial charge on any atom is -0.271 e. The van der Waals surface area contributed by atoms with E-state index in [0.717, 1.165) is 22.8 Å². The monoisotopic (exact) mass is 293 g/mol. The van der Waals surface area contributed by atoms with Crippen LogP contribution >= 0.6 is 11.6 Å². The van der Waals surface area contributed by atoms with Crippen molar-refractivity contribution in [3.63, 3.8) is 0 Å². The Morgan fingerprint density at radius 2 is 2.05 bits per heavy atom. The highest BCUT2D eigenvalue weighted by Gasteiger charge is 2.15. The van der Waals surface area contributed by atoms with Gasteiger partial charge < -0.3 is 0 Å². The van der Waals surface area contributed by atoms with Crippen LogP contribution in [0.1, 0.15) is 31.3 Å². The Hall–Kier alpha value is -1.43. The minimum absolute atomic E-state index is 0.0663. The highest BCUT2D eigenvalue weighted by molar-refractivity contribution is 6.31. The molecule has 1 unspecified atom stereocenters. The lowest BCUT2D eigenvalue weighted by atomic mass is 10.0. The van der Waals surface area contributed by atoms with Crippen LogP contribution in [-0.4, -0.2) is 20.8 Å². The molecule has 0 bridgehead atoms. The molecule has 6 heteroatoms. The van der Waals surface area contributed by atoms with E-state index in [2.05, 4.69) is 29.4 Å². The van der Waals surface area contributed by atoms with Crippen molar-refractivity contribution < 1.29 is 0 Å². The number of hydrogen-bond acceptors (Lipinski definition) is 4. The van der Waals surface area contributed by atoms with Gasteiger partial charge in [-0.3, -0.25) is 11.3 Å². The molecule has 1 aromatic carbocycles. The molecule has 108 valence electrons. The third-order valence-electron chi connectivity index (χ3n) is 3.23. The van der Waals surface area contributed by atoms with Crippen LogP contribution in [0.25, 0.3) is 0 Å². The molecule has 3 N–H and O–H groups in total. The Morgan fingerprint density at radius 1 is 1.30 bits per heavy atom. The Labute approximate surface area is 124 Å². The largest absolute Gasteiger partial charge is 0.271 e. The zero-order valence-corrected chi connectivity index (χ0v) is 12.5. The number of halogens is 1. The Kier molecular flexibility index (Phi) is 5.11. The summed E-state index contributed by atoms with van der Waals surface area (Å²) >= 11 is 6.19. The molecule has 2 rings (SSSR count). The maximum absolute atomic E-state index is 6.19. The van der Waals surface area contributed by atoms with E-state index in [0.29, 0.717) is 6.42 Å². The molecule has 20 heavy (non-hydrogen) atoms. The van der Waals surface area contributed by atoms with Crippen molar-refractivity contribution in [2.45, 2.75) is 38.8 Å². The maximum Gasteiger partial charge on any atom is 0.138 e. The topological polar surface area (TPSA) is 68.8 Å². The molecule has 0 radical (unpaired) electrons. The summed E-state index contributed by atoms with van der Waals surface area (Å²) in [5.41, 5.74) is 3.92. The molecule has 0 amide bonds. The number of rotatable bonds is 6. The van der Waals surface area contributed by atoms with E-state index in [4.69, 9.17) is 17.4 Å². The molecule has 0 aliphatic carbocycles. The SMILES string of the molecule is CC(C)n1ncnc1CC(Cc1ccccc1Cl)NN. The molecular formula is C14H20ClN5. The number of nitrogens with two attached hydrogens (primary N) is 1. The second-order valence-electron chi connectivity index (χ2n) is 5.08. The molecule has 0 aliphatic heterocycles. The van der Waals surface area contributed by atoms with E-state index in [1.807, 2.05) is 28.9 Å². The van der Waals surface area contributed by atoms with Crippen molar-refractivity contribution in [2.24, 2.45) is 5.84 Å². The van der Waals surface area contributed by atoms with Crippen molar-refractivity contribution in [1.82, 2.24) is 20.2 Å². The summed E-state index contributed by atoms with van der Waals surface area (Å²) in [6, 6.07) is 8.15. The van der Waals surface area contributed by atoms with Gasteiger partial charge in [-0.2, -0.15) is 5.10 Å². The van der Waals surface area contributed by atoms with Gasteiger partial charge in [-0.25, -0.2) is 9.67 Å². The molecular weight excluding hydrogens is 274 g/mol. The van der Waals surface area contributed by atoms with Crippen LogP contribution in [0.2, 0.25) is 5.02 Å². The molecule has 0 spiro atoms. The average molecular weight is 294 g/mol. The van der Waals surface area contributed by atoms with Crippen LogP contribution in [0.4, 0.5) is 0 Å². The molecule has 2 aromatic rings. The summed E-state index contributed by atoms with van der Waals surface area (Å²) in [7, 11) is 0. The first-order valence-corrected chi connectivity index (χ1v) is 7.07. The van der Waals surface area contributed by atoms with Crippen molar-refractivity contribution in [3.05, 3.63) is 47.0 Å². The standard InChI is InChI=1S/C14H20ClN5/c1-10(2)20-14(17-9-18-20)8-12(19-16)7-11-5-3-4-6-13(11)15/h3-6,9-10,12,19H,7-8,16H2,1-2H3. The molecule has 0 saturated heterocycles. The lowest BCUT2D eigenvalue weighted by Crippen LogP contribution is -2.39. The summed E-state index contributed by atoms with van der Waals surface area (Å²) in [6.07, 6.45) is 3.04. The van der Waals surface area contributed by atoms with E-state index in [-0.39, 0.29) is 12.1 Å². The number of hydrazine groups is 1. The normalized spacial score (nSPS) is 12.8. The minimum atomic E-state index is 0.0663. The Balaban J connectivity index is 2.10. The first kappa shape index (κ1) is 15.0. The predicted molar refractivity (Wildman–Crippen MR) is 80.4 cm³/mol. The molecule has 5 nitrogen and oxygen atoms in total. The van der Waals surface area contributed by atoms with Gasteiger partial charge in [0.2, 0.25) is 0 Å². The van der Waals surface area contributed by atoms with Crippen molar-refractivity contribution in [2.75, 3.05) is 0 Å². The van der Waals surface area contributed by atoms with Gasteiger partial charge in [-0.15, -0.1) is 0 Å². The van der Waals surface area contributed by atoms with Crippen LogP contribution < -0.4 is 11.3 Å². The van der Waals surface area contributed by atoms with Crippen LogP contribution in [0.5, 0.6) is 0 Å². The third-order valence-corrected chi connectivity index (χ3v) is 3.59. The van der Waals surface area contributed by atoms with Gasteiger partial charge in [-0.1, -0.05) is 29.8 Å². The second-order valence-corrected chi connectivity index (χ2v) is 5.49. The Bertz CT molecular complexity index is 552. The summed E-state index contributed by atoms with van der Waals surface area (Å²) in [6.45, 7) is 4.16. The summed E-state index contributed by atoms with van der Waals surface area (Å²) < 4.78 is 1.91. The lowest BCUT2D eigenvalue weighted by molar-refractivity contribution is 0.459. The molecule has 0 aliphatic rings. The highest BCUT2D eigenvalue weighted by atomic mass is 35.5. The van der Waals surface area contributed by atoms with Crippen molar-refractivity contribution in [1.29, 1.82) is 0 Å². The molecule has 0 saturated carbocycles. The predicted octanol–water partition coefficient (Wildman–Crippen LogP) is 2.13. The molecule has 1 atom stereocenters. The van der Waals surface area contributed by atoms with Gasteiger partial charge in [0.05, 0.1) is 0 Å². The average Bonchev–Trinajstić information content (AvgIpc) is 2.88. The maximum atomic E-state index is 6.19. The summed E-state index contributed by atoms with van der Waals surface area (Å²) in [4.78, 5) is 4.31. The Morgan fingerprint density at radius 3 is 2.70 bits per heavy atom. The second kappa shape index (κ2) is 6.83. The molecule has 1 heterocycles. The first-order chi connectivity index (χ1) is 9.61. The van der Waals surface area contributed by atoms with Gasteiger partial charge >= 0.3 is 0 Å². The third kappa shape index (κ3) is 3.56. The van der Waals surface area contributed by atoms with Crippen LogP contribution in [0.3, 0.4) is 0 Å². The van der Waals surface area contributed by atoms with Crippen LogP contribution in [0, 0.1) is 0 Å². The van der Waals surface area contributed by atoms with Gasteiger partial charge in [0, 0.05) is 23.5 Å². The fourth-order valence-corrected chi connectivity index (χ4v) is 2.40. The van der Waals surface area contributed by atoms with E-state index in [1.165, 1.54) is 0 Å². The smallest absolute Gasteiger partial charge is 0.138 e. The van der Waals surface area contributed by atoms with Crippen LogP contribution in [0.15, 0.2) is 30.6 Å². The summed E-state index contributed by atoms with van der Waals surface area (Å²) in [5.74, 6) is 6.59. The number of benzene rings is 1. The molecule has 0 fully saturated rings. The van der Waals surface area contributed by atoms with Crippen LogP contribution in [-0.2, 0) is 12.8 Å². The van der Waals surface area contributed by atoms with Gasteiger partial charge in [0.25, 0.3) is 0 Å². The number of nitrogens with zero attached hydrogens (tertiary/aromatic N) is 3. The van der Waals surface area contributed by atoms with Crippen molar-refractivity contribution in [3.8, 4) is 0 Å². The first-order valence-electron chi connectivity index (χ1n) is 6.69. The molecule has 1 aromatic heterocycles. The van der Waals surface area contributed by atoms with Gasteiger partial charge in [0.1, 0.15) is 12.2 Å². The van der Waals surface area contributed by atoms with Crippen molar-refractivity contribution >= 4 is 11.6 Å².